The van der Waals surface area contributed by atoms with E-state index >= 15 is 0 Å². The number of carboxylic acid groups (broad SMARTS) is 1. The van der Waals surface area contributed by atoms with Crippen LogP contribution in [0.3, 0.4) is 0 Å². The number of anilines is 1. The minimum Gasteiger partial charge on any atom is -0.480 e. The maximum Gasteiger partial charge on any atom is 0.323 e. The molecule has 122 valence electrons. The number of carboxylic acids is 1. The molecule has 1 saturated heterocycles. The number of hydrogen-bond acceptors (Lipinski definition) is 4. The van der Waals surface area contributed by atoms with Gasteiger partial charge in [-0.25, -0.2) is 4.98 Å². The lowest BCUT2D eigenvalue weighted by molar-refractivity contribution is -0.137. The second-order valence-corrected chi connectivity index (χ2v) is 7.09. The third-order valence-electron chi connectivity index (χ3n) is 4.45. The molecule has 6 nitrogen and oxygen atoms in total. The summed E-state index contributed by atoms with van der Waals surface area (Å²) in [6.07, 6.45) is 4.69. The molecule has 0 amide bonds. The highest BCUT2D eigenvalue weighted by molar-refractivity contribution is 5.66. The van der Waals surface area contributed by atoms with E-state index in [1.807, 2.05) is 0 Å². The van der Waals surface area contributed by atoms with E-state index in [9.17, 15) is 9.59 Å². The van der Waals surface area contributed by atoms with Gasteiger partial charge in [-0.05, 0) is 30.6 Å². The zero-order chi connectivity index (χ0) is 16.3. The van der Waals surface area contributed by atoms with Gasteiger partial charge in [0.1, 0.15) is 18.7 Å². The second kappa shape index (κ2) is 6.50. The van der Waals surface area contributed by atoms with Crippen LogP contribution in [0.2, 0.25) is 0 Å². The quantitative estimate of drug-likeness (QED) is 0.924. The Hall–Kier alpha value is -1.85. The molecule has 1 aromatic heterocycles. The second-order valence-electron chi connectivity index (χ2n) is 7.09. The topological polar surface area (TPSA) is 75.4 Å². The van der Waals surface area contributed by atoms with Gasteiger partial charge in [-0.15, -0.1) is 0 Å². The van der Waals surface area contributed by atoms with Gasteiger partial charge < -0.3 is 10.0 Å². The van der Waals surface area contributed by atoms with Gasteiger partial charge in [0, 0.05) is 19.2 Å². The molecule has 1 aromatic rings. The predicted octanol–water partition coefficient (Wildman–Crippen LogP) is 1.98. The molecular weight excluding hydrogens is 282 g/mol. The number of aliphatic carboxylic acids is 1. The number of rotatable bonds is 3. The zero-order valence-corrected chi connectivity index (χ0v) is 13.6. The van der Waals surface area contributed by atoms with Crippen molar-refractivity contribution in [2.45, 2.75) is 46.6 Å². The average molecular weight is 307 g/mol. The van der Waals surface area contributed by atoms with Crippen molar-refractivity contribution in [3.05, 3.63) is 22.7 Å². The summed E-state index contributed by atoms with van der Waals surface area (Å²) >= 11 is 0. The number of aromatic nitrogens is 2. The van der Waals surface area contributed by atoms with Crippen molar-refractivity contribution in [3.63, 3.8) is 0 Å². The molecule has 1 aliphatic rings. The first-order valence-corrected chi connectivity index (χ1v) is 7.80. The Bertz CT molecular complexity index is 589. The van der Waals surface area contributed by atoms with E-state index in [-0.39, 0.29) is 12.1 Å². The molecule has 0 aromatic carbocycles. The third kappa shape index (κ3) is 4.08. The summed E-state index contributed by atoms with van der Waals surface area (Å²) in [4.78, 5) is 29.1. The molecular formula is C16H25N3O3. The first kappa shape index (κ1) is 16.5. The summed E-state index contributed by atoms with van der Waals surface area (Å²) in [6.45, 7) is 8.26. The van der Waals surface area contributed by atoms with Crippen LogP contribution in [0, 0.1) is 11.3 Å². The lowest BCUT2D eigenvalue weighted by Crippen LogP contribution is -2.30. The lowest BCUT2D eigenvalue weighted by atomic mass is 9.77. The molecule has 2 heterocycles. The minimum absolute atomic E-state index is 0.300. The van der Waals surface area contributed by atoms with Crippen LogP contribution in [0.5, 0.6) is 0 Å². The van der Waals surface area contributed by atoms with Gasteiger partial charge in [0.25, 0.3) is 5.56 Å². The largest absolute Gasteiger partial charge is 0.480 e. The summed E-state index contributed by atoms with van der Waals surface area (Å²) in [7, 11) is 0. The molecule has 1 unspecified atom stereocenters. The molecule has 1 fully saturated rings. The van der Waals surface area contributed by atoms with Gasteiger partial charge in [-0.2, -0.15) is 0 Å². The monoisotopic (exact) mass is 307 g/mol. The molecule has 1 atom stereocenters. The van der Waals surface area contributed by atoms with Crippen molar-refractivity contribution in [3.8, 4) is 0 Å². The fraction of sp³-hybridized carbons (Fsp3) is 0.688. The molecule has 0 bridgehead atoms. The van der Waals surface area contributed by atoms with Crippen LogP contribution in [0.25, 0.3) is 0 Å². The summed E-state index contributed by atoms with van der Waals surface area (Å²) in [5.41, 5.74) is -0.0158. The van der Waals surface area contributed by atoms with Gasteiger partial charge >= 0.3 is 5.97 Å². The van der Waals surface area contributed by atoms with Crippen LogP contribution in [-0.4, -0.2) is 33.7 Å². The van der Waals surface area contributed by atoms with E-state index in [0.29, 0.717) is 17.2 Å². The third-order valence-corrected chi connectivity index (χ3v) is 4.45. The van der Waals surface area contributed by atoms with Crippen LogP contribution in [-0.2, 0) is 11.3 Å². The van der Waals surface area contributed by atoms with Crippen molar-refractivity contribution in [1.82, 2.24) is 9.55 Å². The molecule has 0 spiro atoms. The standard InChI is InChI=1S/C16H25N3O3/c1-16(2,3)12-5-4-7-18(8-6-12)13-9-14(20)19(11-17-13)10-15(21)22/h9,11-12H,4-8,10H2,1-3H3,(H,21,22). The molecule has 0 aliphatic carbocycles. The Morgan fingerprint density at radius 2 is 2.09 bits per heavy atom. The molecule has 1 N–H and O–H groups in total. The lowest BCUT2D eigenvalue weighted by Gasteiger charge is -2.29. The van der Waals surface area contributed by atoms with Gasteiger partial charge in [0.2, 0.25) is 0 Å². The van der Waals surface area contributed by atoms with E-state index in [1.54, 1.807) is 0 Å². The molecule has 0 saturated carbocycles. The van der Waals surface area contributed by atoms with Crippen molar-refractivity contribution >= 4 is 11.8 Å². The summed E-state index contributed by atoms with van der Waals surface area (Å²) in [6, 6.07) is 1.44. The highest BCUT2D eigenvalue weighted by atomic mass is 16.4. The summed E-state index contributed by atoms with van der Waals surface area (Å²) in [5.74, 6) is 0.283. The highest BCUT2D eigenvalue weighted by Gasteiger charge is 2.27. The first-order chi connectivity index (χ1) is 10.3. The molecule has 2 rings (SSSR count). The molecule has 6 heteroatoms. The van der Waals surface area contributed by atoms with Crippen molar-refractivity contribution < 1.29 is 9.90 Å². The SMILES string of the molecule is CC(C)(C)C1CCCN(c2cc(=O)n(CC(=O)O)cn2)CC1. The first-order valence-electron chi connectivity index (χ1n) is 7.80. The van der Waals surface area contributed by atoms with Gasteiger partial charge in [0.05, 0.1) is 0 Å². The Morgan fingerprint density at radius 3 is 2.68 bits per heavy atom. The van der Waals surface area contributed by atoms with E-state index in [1.165, 1.54) is 18.8 Å². The Balaban J connectivity index is 2.11. The zero-order valence-electron chi connectivity index (χ0n) is 13.6. The summed E-state index contributed by atoms with van der Waals surface area (Å²) in [5, 5.41) is 8.75. The van der Waals surface area contributed by atoms with Gasteiger partial charge in [-0.3, -0.25) is 14.2 Å². The van der Waals surface area contributed by atoms with E-state index in [0.717, 1.165) is 30.5 Å². The van der Waals surface area contributed by atoms with Crippen LogP contribution in [0.1, 0.15) is 40.0 Å². The van der Waals surface area contributed by atoms with E-state index in [2.05, 4.69) is 30.7 Å². The smallest absolute Gasteiger partial charge is 0.323 e. The van der Waals surface area contributed by atoms with Crippen LogP contribution >= 0.6 is 0 Å². The Kier molecular flexibility index (Phi) is 4.88. The minimum atomic E-state index is -1.04. The fourth-order valence-electron chi connectivity index (χ4n) is 3.05. The van der Waals surface area contributed by atoms with E-state index in [4.69, 9.17) is 5.11 Å². The fourth-order valence-corrected chi connectivity index (χ4v) is 3.05. The average Bonchev–Trinajstić information content (AvgIpc) is 2.66. The Morgan fingerprint density at radius 1 is 1.36 bits per heavy atom. The molecule has 1 aliphatic heterocycles. The Labute approximate surface area is 130 Å². The van der Waals surface area contributed by atoms with Crippen molar-refractivity contribution in [2.24, 2.45) is 11.3 Å². The van der Waals surface area contributed by atoms with Crippen molar-refractivity contribution in [1.29, 1.82) is 0 Å². The normalized spacial score (nSPS) is 19.8. The number of carbonyl (C=O) groups is 1. The van der Waals surface area contributed by atoms with Crippen LogP contribution in [0.4, 0.5) is 5.82 Å². The van der Waals surface area contributed by atoms with Crippen LogP contribution < -0.4 is 10.5 Å². The van der Waals surface area contributed by atoms with Crippen LogP contribution in [0.15, 0.2) is 17.2 Å². The maximum atomic E-state index is 12.0. The van der Waals surface area contributed by atoms with E-state index < -0.39 is 5.97 Å². The van der Waals surface area contributed by atoms with Gasteiger partial charge in [0.15, 0.2) is 0 Å². The number of nitrogens with zero attached hydrogens (tertiary/aromatic N) is 3. The maximum absolute atomic E-state index is 12.0. The predicted molar refractivity (Wildman–Crippen MR) is 85.1 cm³/mol. The summed E-state index contributed by atoms with van der Waals surface area (Å²) < 4.78 is 1.11. The molecule has 22 heavy (non-hydrogen) atoms. The number of hydrogen-bond donors (Lipinski definition) is 1. The van der Waals surface area contributed by atoms with Gasteiger partial charge in [-0.1, -0.05) is 20.8 Å². The van der Waals surface area contributed by atoms with Crippen molar-refractivity contribution in [2.75, 3.05) is 18.0 Å². The molecule has 0 radical (unpaired) electrons. The highest BCUT2D eigenvalue weighted by Crippen LogP contribution is 2.34.